The molecule has 0 spiro atoms. The van der Waals surface area contributed by atoms with Crippen LogP contribution in [0.2, 0.25) is 0 Å². The molecular formula is C32H65N2O6S+. The zero-order valence-corrected chi connectivity index (χ0v) is 27.9. The van der Waals surface area contributed by atoms with Crippen molar-refractivity contribution < 1.29 is 32.1 Å². The number of hydrogen-bond acceptors (Lipinski definition) is 4. The molecular weight excluding hydrogens is 540 g/mol. The standard InChI is InChI=1S/C32H64N2O6S/c1-5-7-9-11-13-15-17-19-21-23-26-33(27-24-22-20-18-16-14-12-10-8-6-2)31(35)30(32(36)37)34(3,4)28-25-29-41(38,39)40/h30H,5-29H2,1-4H3,(H-,36,37,38,39,40)/p+1. The maximum atomic E-state index is 13.6. The summed E-state index contributed by atoms with van der Waals surface area (Å²) in [5.74, 6) is -2.03. The minimum atomic E-state index is -4.14. The lowest BCUT2D eigenvalue weighted by Crippen LogP contribution is -2.61. The van der Waals surface area contributed by atoms with E-state index in [9.17, 15) is 23.1 Å². The zero-order valence-electron chi connectivity index (χ0n) is 27.1. The van der Waals surface area contributed by atoms with Gasteiger partial charge in [-0.05, 0) is 12.8 Å². The lowest BCUT2D eigenvalue weighted by atomic mass is 10.1. The molecule has 1 amide bonds. The average Bonchev–Trinajstić information content (AvgIpc) is 2.88. The van der Waals surface area contributed by atoms with Crippen LogP contribution in [0.4, 0.5) is 0 Å². The van der Waals surface area contributed by atoms with E-state index in [0.29, 0.717) is 13.1 Å². The van der Waals surface area contributed by atoms with E-state index < -0.39 is 27.9 Å². The number of carboxylic acid groups (broad SMARTS) is 1. The fraction of sp³-hybridized carbons (Fsp3) is 0.938. The van der Waals surface area contributed by atoms with E-state index in [0.717, 1.165) is 38.5 Å². The third-order valence-electron chi connectivity index (χ3n) is 8.18. The Morgan fingerprint density at radius 3 is 1.29 bits per heavy atom. The van der Waals surface area contributed by atoms with Crippen molar-refractivity contribution in [3.63, 3.8) is 0 Å². The van der Waals surface area contributed by atoms with E-state index in [4.69, 9.17) is 4.55 Å². The predicted molar refractivity (Wildman–Crippen MR) is 170 cm³/mol. The Labute approximate surface area is 253 Å². The Kier molecular flexibility index (Phi) is 23.6. The van der Waals surface area contributed by atoms with Crippen LogP contribution in [0.25, 0.3) is 0 Å². The summed E-state index contributed by atoms with van der Waals surface area (Å²) in [7, 11) is -0.832. The number of amides is 1. The van der Waals surface area contributed by atoms with Gasteiger partial charge in [-0.2, -0.15) is 8.42 Å². The van der Waals surface area contributed by atoms with Crippen LogP contribution >= 0.6 is 0 Å². The lowest BCUT2D eigenvalue weighted by molar-refractivity contribution is -0.898. The zero-order chi connectivity index (χ0) is 31.0. The van der Waals surface area contributed by atoms with Crippen LogP contribution in [-0.2, 0) is 19.7 Å². The van der Waals surface area contributed by atoms with Crippen LogP contribution in [0.1, 0.15) is 149 Å². The minimum Gasteiger partial charge on any atom is -0.476 e. The maximum absolute atomic E-state index is 13.6. The van der Waals surface area contributed by atoms with Gasteiger partial charge in [-0.15, -0.1) is 0 Å². The molecule has 0 aliphatic carbocycles. The molecule has 0 aliphatic rings. The molecule has 0 bridgehead atoms. The van der Waals surface area contributed by atoms with Crippen molar-refractivity contribution in [1.29, 1.82) is 0 Å². The highest BCUT2D eigenvalue weighted by Gasteiger charge is 2.43. The topological polar surface area (TPSA) is 112 Å². The Bertz CT molecular complexity index is 748. The Morgan fingerprint density at radius 2 is 0.976 bits per heavy atom. The SMILES string of the molecule is CCCCCCCCCCCCN(CCCCCCCCCCCC)C(=O)C(C(=O)O)[N+](C)(C)CCCS(=O)(=O)O. The molecule has 0 aliphatic heterocycles. The van der Waals surface area contributed by atoms with E-state index in [-0.39, 0.29) is 23.4 Å². The Hall–Kier alpha value is -1.19. The van der Waals surface area contributed by atoms with Crippen molar-refractivity contribution in [1.82, 2.24) is 4.90 Å². The van der Waals surface area contributed by atoms with Crippen LogP contribution < -0.4 is 0 Å². The van der Waals surface area contributed by atoms with E-state index >= 15 is 0 Å². The molecule has 0 saturated carbocycles. The number of carbonyl (C=O) groups excluding carboxylic acids is 1. The number of carbonyl (C=O) groups is 2. The summed E-state index contributed by atoms with van der Waals surface area (Å²) in [5.41, 5.74) is 0. The van der Waals surface area contributed by atoms with Crippen LogP contribution in [0.5, 0.6) is 0 Å². The van der Waals surface area contributed by atoms with Gasteiger partial charge in [0.25, 0.3) is 22.1 Å². The first-order valence-corrected chi connectivity index (χ1v) is 18.4. The Morgan fingerprint density at radius 1 is 0.634 bits per heavy atom. The van der Waals surface area contributed by atoms with Crippen molar-refractivity contribution in [2.75, 3.05) is 39.5 Å². The van der Waals surface area contributed by atoms with E-state index in [1.807, 2.05) is 0 Å². The van der Waals surface area contributed by atoms with Gasteiger partial charge in [0.15, 0.2) is 0 Å². The van der Waals surface area contributed by atoms with E-state index in [2.05, 4.69) is 13.8 Å². The van der Waals surface area contributed by atoms with Crippen molar-refractivity contribution in [2.24, 2.45) is 0 Å². The molecule has 0 rings (SSSR count). The van der Waals surface area contributed by atoms with Gasteiger partial charge < -0.3 is 14.5 Å². The van der Waals surface area contributed by atoms with Gasteiger partial charge in [-0.25, -0.2) is 4.79 Å². The monoisotopic (exact) mass is 605 g/mol. The number of rotatable bonds is 29. The quantitative estimate of drug-likeness (QED) is 0.0396. The molecule has 1 unspecified atom stereocenters. The summed E-state index contributed by atoms with van der Waals surface area (Å²) in [5, 5.41) is 10.0. The van der Waals surface area contributed by atoms with Crippen molar-refractivity contribution in [2.45, 2.75) is 155 Å². The van der Waals surface area contributed by atoms with Gasteiger partial charge in [-0.1, -0.05) is 129 Å². The molecule has 8 nitrogen and oxygen atoms in total. The van der Waals surface area contributed by atoms with E-state index in [1.54, 1.807) is 19.0 Å². The Balaban J connectivity index is 4.92. The van der Waals surface area contributed by atoms with Gasteiger partial charge in [0.2, 0.25) is 0 Å². The molecule has 0 heterocycles. The van der Waals surface area contributed by atoms with Crippen LogP contribution in [-0.4, -0.2) is 84.9 Å². The normalized spacial score (nSPS) is 12.9. The number of carboxylic acids is 1. The number of aliphatic carboxylic acids is 1. The van der Waals surface area contributed by atoms with Crippen molar-refractivity contribution in [3.05, 3.63) is 0 Å². The maximum Gasteiger partial charge on any atom is 0.372 e. The fourth-order valence-electron chi connectivity index (χ4n) is 5.57. The van der Waals surface area contributed by atoms with Gasteiger partial charge in [-0.3, -0.25) is 9.35 Å². The molecule has 244 valence electrons. The molecule has 0 fully saturated rings. The summed E-state index contributed by atoms with van der Waals surface area (Å²) in [6.07, 6.45) is 24.0. The van der Waals surface area contributed by atoms with Gasteiger partial charge >= 0.3 is 5.97 Å². The third kappa shape index (κ3) is 22.1. The summed E-state index contributed by atoms with van der Waals surface area (Å²) in [4.78, 5) is 27.7. The minimum absolute atomic E-state index is 0.0831. The second kappa shape index (κ2) is 24.3. The van der Waals surface area contributed by atoms with Crippen molar-refractivity contribution in [3.8, 4) is 0 Å². The van der Waals surface area contributed by atoms with Crippen LogP contribution in [0.15, 0.2) is 0 Å². The second-order valence-electron chi connectivity index (χ2n) is 12.6. The molecule has 41 heavy (non-hydrogen) atoms. The smallest absolute Gasteiger partial charge is 0.372 e. The van der Waals surface area contributed by atoms with Crippen LogP contribution in [0.3, 0.4) is 0 Å². The molecule has 0 aromatic carbocycles. The second-order valence-corrected chi connectivity index (χ2v) is 14.1. The number of quaternary nitrogens is 1. The predicted octanol–water partition coefficient (Wildman–Crippen LogP) is 7.46. The molecule has 1 atom stereocenters. The number of likely N-dealkylation sites (N-methyl/N-ethyl adjacent to an activating group) is 1. The first kappa shape index (κ1) is 39.8. The van der Waals surface area contributed by atoms with Gasteiger partial charge in [0, 0.05) is 19.5 Å². The summed E-state index contributed by atoms with van der Waals surface area (Å²) in [6.45, 7) is 5.73. The van der Waals surface area contributed by atoms with Gasteiger partial charge in [0.05, 0.1) is 26.4 Å². The summed E-state index contributed by atoms with van der Waals surface area (Å²) >= 11 is 0. The molecule has 0 saturated heterocycles. The third-order valence-corrected chi connectivity index (χ3v) is 8.98. The molecule has 0 aromatic rings. The number of nitrogens with zero attached hydrogens (tertiary/aromatic N) is 2. The number of hydrogen-bond donors (Lipinski definition) is 2. The lowest BCUT2D eigenvalue weighted by Gasteiger charge is -2.37. The molecule has 9 heteroatoms. The van der Waals surface area contributed by atoms with Crippen LogP contribution in [0, 0.1) is 0 Å². The highest BCUT2D eigenvalue weighted by atomic mass is 32.2. The summed E-state index contributed by atoms with van der Waals surface area (Å²) < 4.78 is 31.2. The first-order valence-electron chi connectivity index (χ1n) is 16.8. The largest absolute Gasteiger partial charge is 0.476 e. The van der Waals surface area contributed by atoms with Gasteiger partial charge in [0.1, 0.15) is 0 Å². The number of unbranched alkanes of at least 4 members (excludes halogenated alkanes) is 18. The first-order chi connectivity index (χ1) is 19.5. The average molecular weight is 606 g/mol. The van der Waals surface area contributed by atoms with Crippen molar-refractivity contribution >= 4 is 22.0 Å². The molecule has 0 aromatic heterocycles. The molecule has 0 radical (unpaired) electrons. The fourth-order valence-corrected chi connectivity index (χ4v) is 6.07. The van der Waals surface area contributed by atoms with E-state index in [1.165, 1.54) is 89.9 Å². The molecule has 2 N–H and O–H groups in total. The highest BCUT2D eigenvalue weighted by Crippen LogP contribution is 2.17. The highest BCUT2D eigenvalue weighted by molar-refractivity contribution is 7.85. The summed E-state index contributed by atoms with van der Waals surface area (Å²) in [6, 6.07) is -1.30.